The number of sulfonamides is 1. The maximum absolute atomic E-state index is 12.9. The first kappa shape index (κ1) is 19.5. The highest BCUT2D eigenvalue weighted by atomic mass is 32.2. The Morgan fingerprint density at radius 3 is 2.30 bits per heavy atom. The van der Waals surface area contributed by atoms with Crippen LogP contribution in [-0.4, -0.2) is 36.7 Å². The molecule has 1 aromatic carbocycles. The number of rotatable bonds is 4. The van der Waals surface area contributed by atoms with Crippen LogP contribution in [0.4, 0.5) is 5.69 Å². The minimum atomic E-state index is -3.52. The van der Waals surface area contributed by atoms with Crippen LogP contribution in [0.5, 0.6) is 0 Å². The number of amides is 1. The highest BCUT2D eigenvalue weighted by Crippen LogP contribution is 2.27. The Hall–Kier alpha value is -2.25. The molecule has 1 N–H and O–H groups in total. The van der Waals surface area contributed by atoms with E-state index in [2.05, 4.69) is 24.1 Å². The third-order valence-corrected chi connectivity index (χ3v) is 6.55. The summed E-state index contributed by atoms with van der Waals surface area (Å²) < 4.78 is 27.4. The van der Waals surface area contributed by atoms with Gasteiger partial charge in [0.05, 0.1) is 4.90 Å². The zero-order valence-electron chi connectivity index (χ0n) is 15.8. The fourth-order valence-electron chi connectivity index (χ4n) is 3.53. The van der Waals surface area contributed by atoms with Gasteiger partial charge in [0.2, 0.25) is 10.0 Å². The minimum Gasteiger partial charge on any atom is -0.321 e. The molecule has 1 aliphatic rings. The van der Waals surface area contributed by atoms with Gasteiger partial charge in [-0.25, -0.2) is 13.4 Å². The van der Waals surface area contributed by atoms with Crippen LogP contribution in [0, 0.1) is 18.8 Å². The van der Waals surface area contributed by atoms with Crippen LogP contribution in [-0.2, 0) is 10.0 Å². The molecule has 1 aromatic heterocycles. The van der Waals surface area contributed by atoms with Crippen molar-refractivity contribution in [2.75, 3.05) is 18.4 Å². The van der Waals surface area contributed by atoms with Crippen molar-refractivity contribution in [3.05, 3.63) is 53.9 Å². The van der Waals surface area contributed by atoms with E-state index in [0.717, 1.165) is 12.1 Å². The molecule has 1 aliphatic heterocycles. The Bertz CT molecular complexity index is 916. The number of benzene rings is 1. The molecule has 0 radical (unpaired) electrons. The molecule has 2 aromatic rings. The third-order valence-electron chi connectivity index (χ3n) is 4.71. The molecule has 1 fully saturated rings. The zero-order chi connectivity index (χ0) is 19.6. The molecular weight excluding hydrogens is 362 g/mol. The fraction of sp³-hybridized carbons (Fsp3) is 0.400. The summed E-state index contributed by atoms with van der Waals surface area (Å²) in [6, 6.07) is 11.5. The number of piperidine rings is 1. The average Bonchev–Trinajstić information content (AvgIpc) is 2.61. The van der Waals surface area contributed by atoms with Crippen LogP contribution in [0.1, 0.15) is 36.5 Å². The lowest BCUT2D eigenvalue weighted by molar-refractivity contribution is 0.102. The normalized spacial score (nSPS) is 21.0. The Morgan fingerprint density at radius 2 is 1.70 bits per heavy atom. The number of hydrogen-bond acceptors (Lipinski definition) is 4. The topological polar surface area (TPSA) is 79.4 Å². The Balaban J connectivity index is 1.74. The van der Waals surface area contributed by atoms with Gasteiger partial charge in [-0.3, -0.25) is 4.79 Å². The molecule has 0 spiro atoms. The molecule has 144 valence electrons. The van der Waals surface area contributed by atoms with Crippen molar-refractivity contribution in [2.45, 2.75) is 32.1 Å². The summed E-state index contributed by atoms with van der Waals surface area (Å²) >= 11 is 0. The number of hydrogen-bond donors (Lipinski definition) is 1. The minimum absolute atomic E-state index is 0.246. The van der Waals surface area contributed by atoms with Crippen molar-refractivity contribution in [3.63, 3.8) is 0 Å². The zero-order valence-corrected chi connectivity index (χ0v) is 16.7. The van der Waals surface area contributed by atoms with Crippen molar-refractivity contribution in [3.8, 4) is 0 Å². The number of aromatic nitrogens is 1. The van der Waals surface area contributed by atoms with Gasteiger partial charge in [0.1, 0.15) is 5.69 Å². The van der Waals surface area contributed by atoms with Crippen molar-refractivity contribution in [1.29, 1.82) is 0 Å². The molecular formula is C20H25N3O3S. The van der Waals surface area contributed by atoms with Crippen molar-refractivity contribution < 1.29 is 13.2 Å². The van der Waals surface area contributed by atoms with Crippen LogP contribution < -0.4 is 5.32 Å². The van der Waals surface area contributed by atoms with E-state index in [1.165, 1.54) is 0 Å². The second kappa shape index (κ2) is 7.78. The number of carbonyl (C=O) groups is 1. The van der Waals surface area contributed by atoms with Crippen molar-refractivity contribution in [1.82, 2.24) is 9.29 Å². The van der Waals surface area contributed by atoms with E-state index < -0.39 is 10.0 Å². The summed E-state index contributed by atoms with van der Waals surface area (Å²) in [6.45, 7) is 7.07. The van der Waals surface area contributed by atoms with Gasteiger partial charge in [-0.1, -0.05) is 19.9 Å². The van der Waals surface area contributed by atoms with Gasteiger partial charge >= 0.3 is 0 Å². The summed E-state index contributed by atoms with van der Waals surface area (Å²) in [5.74, 6) is 0.376. The number of aryl methyl sites for hydroxylation is 1. The molecule has 2 unspecified atom stereocenters. The van der Waals surface area contributed by atoms with Crippen LogP contribution in [0.3, 0.4) is 0 Å². The molecule has 2 heterocycles. The van der Waals surface area contributed by atoms with Gasteiger partial charge in [0.25, 0.3) is 5.91 Å². The molecule has 3 rings (SSSR count). The first-order valence-corrected chi connectivity index (χ1v) is 10.5. The number of anilines is 1. The molecule has 7 heteroatoms. The fourth-order valence-corrected chi connectivity index (χ4v) is 5.21. The maximum atomic E-state index is 12.9. The van der Waals surface area contributed by atoms with Gasteiger partial charge < -0.3 is 5.32 Å². The van der Waals surface area contributed by atoms with E-state index in [1.807, 2.05) is 13.0 Å². The van der Waals surface area contributed by atoms with E-state index in [0.29, 0.717) is 36.3 Å². The maximum Gasteiger partial charge on any atom is 0.274 e. The van der Waals surface area contributed by atoms with E-state index in [4.69, 9.17) is 0 Å². The Morgan fingerprint density at radius 1 is 1.07 bits per heavy atom. The standard InChI is InChI=1S/C20H25N3O3S/c1-14-11-15(2)13-23(12-14)27(25,26)18-9-7-17(8-10-18)22-20(24)19-6-4-5-16(3)21-19/h4-10,14-15H,11-13H2,1-3H3,(H,22,24). The molecule has 1 amide bonds. The number of nitrogens with one attached hydrogen (secondary N) is 1. The largest absolute Gasteiger partial charge is 0.321 e. The smallest absolute Gasteiger partial charge is 0.274 e. The van der Waals surface area contributed by atoms with Gasteiger partial charge in [-0.05, 0) is 61.6 Å². The summed E-state index contributed by atoms with van der Waals surface area (Å²) in [4.78, 5) is 16.7. The van der Waals surface area contributed by atoms with E-state index in [1.54, 1.807) is 40.7 Å². The second-order valence-electron chi connectivity index (χ2n) is 7.41. The van der Waals surface area contributed by atoms with E-state index >= 15 is 0 Å². The lowest BCUT2D eigenvalue weighted by Crippen LogP contribution is -2.42. The highest BCUT2D eigenvalue weighted by molar-refractivity contribution is 7.89. The summed E-state index contributed by atoms with van der Waals surface area (Å²) in [5.41, 5.74) is 1.61. The van der Waals surface area contributed by atoms with Gasteiger partial charge in [-0.15, -0.1) is 0 Å². The van der Waals surface area contributed by atoms with Crippen LogP contribution >= 0.6 is 0 Å². The lowest BCUT2D eigenvalue weighted by Gasteiger charge is -2.34. The van der Waals surface area contributed by atoms with Gasteiger partial charge in [-0.2, -0.15) is 4.31 Å². The van der Waals surface area contributed by atoms with Crippen LogP contribution in [0.2, 0.25) is 0 Å². The lowest BCUT2D eigenvalue weighted by atomic mass is 9.94. The molecule has 27 heavy (non-hydrogen) atoms. The molecule has 0 saturated carbocycles. The summed E-state index contributed by atoms with van der Waals surface area (Å²) in [7, 11) is -3.52. The molecule has 0 bridgehead atoms. The predicted molar refractivity (Wildman–Crippen MR) is 105 cm³/mol. The number of pyridine rings is 1. The first-order chi connectivity index (χ1) is 12.8. The average molecular weight is 388 g/mol. The second-order valence-corrected chi connectivity index (χ2v) is 9.35. The van der Waals surface area contributed by atoms with Crippen molar-refractivity contribution >= 4 is 21.6 Å². The number of nitrogens with zero attached hydrogens (tertiary/aromatic N) is 2. The summed E-state index contributed by atoms with van der Waals surface area (Å²) in [6.07, 6.45) is 1.05. The van der Waals surface area contributed by atoms with Gasteiger partial charge in [0, 0.05) is 24.5 Å². The van der Waals surface area contributed by atoms with Gasteiger partial charge in [0.15, 0.2) is 0 Å². The van der Waals surface area contributed by atoms with Crippen LogP contribution in [0.15, 0.2) is 47.4 Å². The first-order valence-electron chi connectivity index (χ1n) is 9.11. The van der Waals surface area contributed by atoms with E-state index in [-0.39, 0.29) is 10.8 Å². The molecule has 0 aliphatic carbocycles. The molecule has 1 saturated heterocycles. The number of carbonyl (C=O) groups excluding carboxylic acids is 1. The highest BCUT2D eigenvalue weighted by Gasteiger charge is 2.31. The summed E-state index contributed by atoms with van der Waals surface area (Å²) in [5, 5.41) is 2.75. The van der Waals surface area contributed by atoms with Crippen LogP contribution in [0.25, 0.3) is 0 Å². The quantitative estimate of drug-likeness (QED) is 0.873. The predicted octanol–water partition coefficient (Wildman–Crippen LogP) is 3.31. The Kier molecular flexibility index (Phi) is 5.62. The third kappa shape index (κ3) is 4.54. The monoisotopic (exact) mass is 387 g/mol. The van der Waals surface area contributed by atoms with E-state index in [9.17, 15) is 13.2 Å². The molecule has 2 atom stereocenters. The SMILES string of the molecule is Cc1cccc(C(=O)Nc2ccc(S(=O)(=O)N3CC(C)CC(C)C3)cc2)n1. The molecule has 6 nitrogen and oxygen atoms in total. The Labute approximate surface area is 160 Å². The van der Waals surface area contributed by atoms with Crippen molar-refractivity contribution in [2.24, 2.45) is 11.8 Å².